The second-order valence-electron chi connectivity index (χ2n) is 8.49. The molecule has 31 heavy (non-hydrogen) atoms. The third-order valence-electron chi connectivity index (χ3n) is 6.25. The number of carbonyl (C=O) groups is 1. The summed E-state index contributed by atoms with van der Waals surface area (Å²) in [5.74, 6) is -0.293. The van der Waals surface area contributed by atoms with Crippen LogP contribution in [0.1, 0.15) is 54.4 Å². The van der Waals surface area contributed by atoms with Crippen LogP contribution in [0.3, 0.4) is 0 Å². The van der Waals surface area contributed by atoms with Gasteiger partial charge in [-0.05, 0) is 74.6 Å². The lowest BCUT2D eigenvalue weighted by molar-refractivity contribution is 0.102. The van der Waals surface area contributed by atoms with Gasteiger partial charge in [0.15, 0.2) is 0 Å². The molecule has 0 spiro atoms. The number of nitrogens with one attached hydrogen (secondary N) is 1. The smallest absolute Gasteiger partial charge is 0.255 e. The highest BCUT2D eigenvalue weighted by Gasteiger charge is 2.28. The number of nitrogens with zero attached hydrogens (tertiary/aromatic N) is 2. The van der Waals surface area contributed by atoms with Crippen LogP contribution in [0.4, 0.5) is 11.4 Å². The highest BCUT2D eigenvalue weighted by Crippen LogP contribution is 2.25. The van der Waals surface area contributed by atoms with Gasteiger partial charge in [-0.1, -0.05) is 18.9 Å². The maximum atomic E-state index is 12.9. The molecule has 1 N–H and O–H groups in total. The van der Waals surface area contributed by atoms with Crippen LogP contribution in [0, 0.1) is 6.92 Å². The molecule has 0 unspecified atom stereocenters. The summed E-state index contributed by atoms with van der Waals surface area (Å²) >= 11 is 0. The van der Waals surface area contributed by atoms with Crippen molar-refractivity contribution in [1.82, 2.24) is 4.31 Å². The molecule has 6 nitrogen and oxygen atoms in total. The van der Waals surface area contributed by atoms with Crippen LogP contribution in [-0.2, 0) is 10.0 Å². The highest BCUT2D eigenvalue weighted by atomic mass is 32.2. The molecule has 7 heteroatoms. The molecule has 0 bridgehead atoms. The van der Waals surface area contributed by atoms with Crippen molar-refractivity contribution in [2.45, 2.75) is 50.3 Å². The first-order valence-electron chi connectivity index (χ1n) is 11.2. The summed E-state index contributed by atoms with van der Waals surface area (Å²) in [5, 5.41) is 2.92. The minimum Gasteiger partial charge on any atom is -0.372 e. The number of aryl methyl sites for hydroxylation is 1. The second-order valence-corrected chi connectivity index (χ2v) is 10.4. The molecule has 2 heterocycles. The Hall–Kier alpha value is -2.38. The van der Waals surface area contributed by atoms with E-state index in [2.05, 4.69) is 10.2 Å². The molecule has 2 aliphatic rings. The van der Waals surface area contributed by atoms with Gasteiger partial charge in [0.1, 0.15) is 0 Å². The molecule has 0 atom stereocenters. The lowest BCUT2D eigenvalue weighted by Gasteiger charge is -2.22. The quantitative estimate of drug-likeness (QED) is 0.746. The minimum atomic E-state index is -3.56. The van der Waals surface area contributed by atoms with Gasteiger partial charge in [-0.15, -0.1) is 0 Å². The molecule has 1 amide bonds. The Bertz CT molecular complexity index is 1020. The molecule has 0 radical (unpaired) electrons. The summed E-state index contributed by atoms with van der Waals surface area (Å²) in [7, 11) is -3.56. The predicted molar refractivity (Wildman–Crippen MR) is 124 cm³/mol. The Kier molecular flexibility index (Phi) is 6.62. The fraction of sp³-hybridized carbons (Fsp3) is 0.458. The van der Waals surface area contributed by atoms with E-state index in [1.165, 1.54) is 41.7 Å². The molecule has 0 aliphatic carbocycles. The van der Waals surface area contributed by atoms with E-state index in [4.69, 9.17) is 0 Å². The van der Waals surface area contributed by atoms with Crippen molar-refractivity contribution in [2.75, 3.05) is 36.4 Å². The van der Waals surface area contributed by atoms with E-state index in [-0.39, 0.29) is 10.8 Å². The lowest BCUT2D eigenvalue weighted by Crippen LogP contribution is -2.28. The van der Waals surface area contributed by atoms with E-state index >= 15 is 0 Å². The first kappa shape index (κ1) is 21.8. The second kappa shape index (κ2) is 9.40. The van der Waals surface area contributed by atoms with Crippen LogP contribution in [0.15, 0.2) is 47.4 Å². The Morgan fingerprint density at radius 1 is 0.839 bits per heavy atom. The molecule has 2 saturated heterocycles. The first-order chi connectivity index (χ1) is 14.9. The van der Waals surface area contributed by atoms with Crippen molar-refractivity contribution in [3.05, 3.63) is 53.6 Å². The van der Waals surface area contributed by atoms with E-state index in [0.717, 1.165) is 31.5 Å². The molecule has 0 saturated carbocycles. The van der Waals surface area contributed by atoms with Gasteiger partial charge in [0.05, 0.1) is 4.90 Å². The van der Waals surface area contributed by atoms with Gasteiger partial charge >= 0.3 is 0 Å². The van der Waals surface area contributed by atoms with Crippen LogP contribution < -0.4 is 10.2 Å². The van der Waals surface area contributed by atoms with E-state index in [9.17, 15) is 13.2 Å². The van der Waals surface area contributed by atoms with Crippen LogP contribution in [0.5, 0.6) is 0 Å². The number of hydrogen-bond donors (Lipinski definition) is 1. The standard InChI is InChI=1S/C24H31N3O3S/c1-19-8-13-22(31(29,30)27-16-6-7-17-27)18-23(19)24(28)25-20-9-11-21(12-10-20)26-14-4-2-3-5-15-26/h8-13,18H,2-7,14-17H2,1H3,(H,25,28). The van der Waals surface area contributed by atoms with Crippen molar-refractivity contribution in [2.24, 2.45) is 0 Å². The Balaban J connectivity index is 1.49. The van der Waals surface area contributed by atoms with Crippen LogP contribution in [0.25, 0.3) is 0 Å². The van der Waals surface area contributed by atoms with Gasteiger partial charge in [0.2, 0.25) is 10.0 Å². The lowest BCUT2D eigenvalue weighted by atomic mass is 10.1. The zero-order valence-electron chi connectivity index (χ0n) is 18.1. The van der Waals surface area contributed by atoms with E-state index in [1.54, 1.807) is 12.1 Å². The average Bonchev–Trinajstić information content (AvgIpc) is 3.19. The monoisotopic (exact) mass is 441 g/mol. The zero-order valence-corrected chi connectivity index (χ0v) is 19.0. The van der Waals surface area contributed by atoms with Gasteiger partial charge < -0.3 is 10.2 Å². The predicted octanol–water partition coefficient (Wildman–Crippen LogP) is 4.41. The molecule has 2 fully saturated rings. The summed E-state index contributed by atoms with van der Waals surface area (Å²) in [4.78, 5) is 15.5. The first-order valence-corrected chi connectivity index (χ1v) is 12.7. The fourth-order valence-electron chi connectivity index (χ4n) is 4.37. The fourth-order valence-corrected chi connectivity index (χ4v) is 5.91. The summed E-state index contributed by atoms with van der Waals surface area (Å²) in [5.41, 5.74) is 3.02. The molecule has 2 aliphatic heterocycles. The van der Waals surface area contributed by atoms with Gasteiger partial charge in [-0.25, -0.2) is 8.42 Å². The van der Waals surface area contributed by atoms with Gasteiger partial charge in [-0.2, -0.15) is 4.31 Å². The van der Waals surface area contributed by atoms with E-state index in [0.29, 0.717) is 24.3 Å². The topological polar surface area (TPSA) is 69.7 Å². The normalized spacial score (nSPS) is 18.0. The van der Waals surface area contributed by atoms with Crippen molar-refractivity contribution >= 4 is 27.3 Å². The number of benzene rings is 2. The van der Waals surface area contributed by atoms with Crippen molar-refractivity contribution in [3.63, 3.8) is 0 Å². The molecule has 2 aromatic carbocycles. The third-order valence-corrected chi connectivity index (χ3v) is 8.15. The highest BCUT2D eigenvalue weighted by molar-refractivity contribution is 7.89. The number of amides is 1. The molecule has 166 valence electrons. The molecule has 2 aromatic rings. The number of rotatable bonds is 5. The SMILES string of the molecule is Cc1ccc(S(=O)(=O)N2CCCC2)cc1C(=O)Nc1ccc(N2CCCCCC2)cc1. The summed E-state index contributed by atoms with van der Waals surface area (Å²) < 4.78 is 27.3. The van der Waals surface area contributed by atoms with Gasteiger partial charge in [0.25, 0.3) is 5.91 Å². The van der Waals surface area contributed by atoms with Crippen LogP contribution >= 0.6 is 0 Å². The number of sulfonamides is 1. The maximum Gasteiger partial charge on any atom is 0.255 e. The number of hydrogen-bond acceptors (Lipinski definition) is 4. The third kappa shape index (κ3) is 4.93. The van der Waals surface area contributed by atoms with E-state index in [1.807, 2.05) is 31.2 Å². The van der Waals surface area contributed by atoms with E-state index < -0.39 is 10.0 Å². The van der Waals surface area contributed by atoms with Crippen molar-refractivity contribution in [3.8, 4) is 0 Å². The van der Waals surface area contributed by atoms with Crippen molar-refractivity contribution < 1.29 is 13.2 Å². The molecular weight excluding hydrogens is 410 g/mol. The van der Waals surface area contributed by atoms with Gasteiger partial charge in [-0.3, -0.25) is 4.79 Å². The molecular formula is C24H31N3O3S. The largest absolute Gasteiger partial charge is 0.372 e. The Morgan fingerprint density at radius 3 is 2.10 bits per heavy atom. The van der Waals surface area contributed by atoms with Crippen LogP contribution in [-0.4, -0.2) is 44.8 Å². The minimum absolute atomic E-state index is 0.182. The van der Waals surface area contributed by atoms with Crippen LogP contribution in [0.2, 0.25) is 0 Å². The summed E-state index contributed by atoms with van der Waals surface area (Å²) in [6, 6.07) is 12.7. The maximum absolute atomic E-state index is 12.9. The van der Waals surface area contributed by atoms with Gasteiger partial charge in [0, 0.05) is 43.1 Å². The Morgan fingerprint density at radius 2 is 1.45 bits per heavy atom. The molecule has 4 rings (SSSR count). The molecule has 0 aromatic heterocycles. The number of carbonyl (C=O) groups excluding carboxylic acids is 1. The van der Waals surface area contributed by atoms with Crippen molar-refractivity contribution in [1.29, 1.82) is 0 Å². The summed E-state index contributed by atoms with van der Waals surface area (Å²) in [6.07, 6.45) is 6.77. The summed E-state index contributed by atoms with van der Waals surface area (Å²) in [6.45, 7) is 5.05. The number of anilines is 2. The zero-order chi connectivity index (χ0) is 21.8. The average molecular weight is 442 g/mol. The Labute approximate surface area is 185 Å².